The van der Waals surface area contributed by atoms with Gasteiger partial charge in [-0.2, -0.15) is 5.10 Å². The lowest BCUT2D eigenvalue weighted by Crippen LogP contribution is -2.18. The van der Waals surface area contributed by atoms with E-state index in [-0.39, 0.29) is 5.91 Å². The van der Waals surface area contributed by atoms with Gasteiger partial charge in [-0.15, -0.1) is 0 Å². The predicted octanol–water partition coefficient (Wildman–Crippen LogP) is 3.65. The summed E-state index contributed by atoms with van der Waals surface area (Å²) in [7, 11) is 0. The third-order valence-electron chi connectivity index (χ3n) is 3.80. The Balaban J connectivity index is 1.68. The Labute approximate surface area is 149 Å². The molecule has 126 valence electrons. The van der Waals surface area contributed by atoms with Crippen molar-refractivity contribution in [2.45, 2.75) is 0 Å². The van der Waals surface area contributed by atoms with Crippen molar-refractivity contribution in [2.75, 3.05) is 0 Å². The number of carbonyl (C=O) groups excluding carboxylic acids is 1. The molecule has 1 N–H and O–H groups in total. The van der Waals surface area contributed by atoms with Crippen molar-refractivity contribution >= 4 is 23.0 Å². The van der Waals surface area contributed by atoms with Gasteiger partial charge in [-0.3, -0.25) is 9.78 Å². The van der Waals surface area contributed by atoms with Crippen molar-refractivity contribution in [1.82, 2.24) is 15.4 Å². The Kier molecular flexibility index (Phi) is 4.22. The number of carbonyl (C=O) groups is 1. The first-order valence-electron chi connectivity index (χ1n) is 7.98. The fourth-order valence-electron chi connectivity index (χ4n) is 2.59. The number of benzene rings is 1. The fourth-order valence-corrected chi connectivity index (χ4v) is 2.59. The molecular formula is C20H14N4O2. The van der Waals surface area contributed by atoms with Crippen LogP contribution < -0.4 is 5.43 Å². The number of nitrogens with one attached hydrogen (secondary N) is 1. The standard InChI is InChI=1S/C20H14N4O2/c25-20(24-22-13-14-5-3-9-21-12-14)16-11-18(19-8-4-10-26-19)23-17-7-2-1-6-15(16)17/h1-13H,(H,24,25)/b22-13-. The lowest BCUT2D eigenvalue weighted by Gasteiger charge is -2.07. The molecule has 6 heteroatoms. The predicted molar refractivity (Wildman–Crippen MR) is 98.7 cm³/mol. The largest absolute Gasteiger partial charge is 0.463 e. The highest BCUT2D eigenvalue weighted by Crippen LogP contribution is 2.25. The monoisotopic (exact) mass is 342 g/mol. The van der Waals surface area contributed by atoms with Crippen LogP contribution in [0.15, 0.2) is 82.8 Å². The summed E-state index contributed by atoms with van der Waals surface area (Å²) in [4.78, 5) is 21.2. The number of rotatable bonds is 4. The number of aromatic nitrogens is 2. The second kappa shape index (κ2) is 6.98. The molecule has 6 nitrogen and oxygen atoms in total. The van der Waals surface area contributed by atoms with Crippen molar-refractivity contribution in [3.8, 4) is 11.5 Å². The van der Waals surface area contributed by atoms with Crippen LogP contribution >= 0.6 is 0 Å². The van der Waals surface area contributed by atoms with E-state index in [1.807, 2.05) is 30.3 Å². The third kappa shape index (κ3) is 3.21. The van der Waals surface area contributed by atoms with Crippen LogP contribution in [0.5, 0.6) is 0 Å². The number of nitrogens with zero attached hydrogens (tertiary/aromatic N) is 3. The number of para-hydroxylation sites is 1. The summed E-state index contributed by atoms with van der Waals surface area (Å²) in [6.45, 7) is 0. The van der Waals surface area contributed by atoms with Gasteiger partial charge in [0.15, 0.2) is 5.76 Å². The normalized spacial score (nSPS) is 11.1. The van der Waals surface area contributed by atoms with E-state index < -0.39 is 0 Å². The molecule has 0 fully saturated rings. The molecule has 26 heavy (non-hydrogen) atoms. The van der Waals surface area contributed by atoms with Gasteiger partial charge in [0.1, 0.15) is 5.69 Å². The summed E-state index contributed by atoms with van der Waals surface area (Å²) in [5, 5.41) is 4.76. The molecule has 0 aliphatic rings. The summed E-state index contributed by atoms with van der Waals surface area (Å²) < 4.78 is 5.41. The van der Waals surface area contributed by atoms with Gasteiger partial charge in [0.2, 0.25) is 0 Å². The fraction of sp³-hybridized carbons (Fsp3) is 0. The molecule has 3 heterocycles. The van der Waals surface area contributed by atoms with Crippen molar-refractivity contribution in [3.63, 3.8) is 0 Å². The average molecular weight is 342 g/mol. The quantitative estimate of drug-likeness (QED) is 0.453. The molecule has 0 spiro atoms. The molecule has 0 aliphatic heterocycles. The Morgan fingerprint density at radius 3 is 2.85 bits per heavy atom. The highest BCUT2D eigenvalue weighted by molar-refractivity contribution is 6.07. The van der Waals surface area contributed by atoms with Gasteiger partial charge in [0, 0.05) is 23.3 Å². The van der Waals surface area contributed by atoms with Crippen LogP contribution in [0.1, 0.15) is 15.9 Å². The Morgan fingerprint density at radius 1 is 1.12 bits per heavy atom. The molecule has 0 saturated heterocycles. The van der Waals surface area contributed by atoms with Gasteiger partial charge in [0.25, 0.3) is 5.91 Å². The smallest absolute Gasteiger partial charge is 0.272 e. The van der Waals surface area contributed by atoms with Gasteiger partial charge in [0.05, 0.1) is 23.6 Å². The van der Waals surface area contributed by atoms with Crippen LogP contribution in [0.2, 0.25) is 0 Å². The van der Waals surface area contributed by atoms with E-state index in [9.17, 15) is 4.79 Å². The van der Waals surface area contributed by atoms with Crippen LogP contribution in [0.4, 0.5) is 0 Å². The first kappa shape index (κ1) is 15.7. The molecule has 0 saturated carbocycles. The number of pyridine rings is 2. The van der Waals surface area contributed by atoms with Gasteiger partial charge < -0.3 is 4.42 Å². The molecule has 0 aliphatic carbocycles. The van der Waals surface area contributed by atoms with Gasteiger partial charge in [-0.25, -0.2) is 10.4 Å². The van der Waals surface area contributed by atoms with E-state index in [4.69, 9.17) is 4.42 Å². The summed E-state index contributed by atoms with van der Waals surface area (Å²) in [5.74, 6) is 0.278. The lowest BCUT2D eigenvalue weighted by molar-refractivity contribution is 0.0956. The second-order valence-electron chi connectivity index (χ2n) is 5.53. The number of amides is 1. The highest BCUT2D eigenvalue weighted by atomic mass is 16.3. The molecule has 4 rings (SSSR count). The molecule has 4 aromatic rings. The van der Waals surface area contributed by atoms with E-state index in [0.29, 0.717) is 22.5 Å². The highest BCUT2D eigenvalue weighted by Gasteiger charge is 2.14. The zero-order valence-corrected chi connectivity index (χ0v) is 13.7. The number of hydrazone groups is 1. The van der Waals surface area contributed by atoms with Gasteiger partial charge in [-0.05, 0) is 30.3 Å². The third-order valence-corrected chi connectivity index (χ3v) is 3.80. The number of furan rings is 1. The maximum absolute atomic E-state index is 12.7. The van der Waals surface area contributed by atoms with E-state index in [0.717, 1.165) is 10.9 Å². The topological polar surface area (TPSA) is 80.4 Å². The molecule has 3 aromatic heterocycles. The number of hydrogen-bond acceptors (Lipinski definition) is 5. The first-order valence-corrected chi connectivity index (χ1v) is 7.98. The molecular weight excluding hydrogens is 328 g/mol. The summed E-state index contributed by atoms with van der Waals surface area (Å²) in [6, 6.07) is 16.4. The Hall–Kier alpha value is -3.80. The van der Waals surface area contributed by atoms with Crippen molar-refractivity contribution < 1.29 is 9.21 Å². The first-order chi connectivity index (χ1) is 12.8. The van der Waals surface area contributed by atoms with Crippen LogP contribution in [-0.4, -0.2) is 22.1 Å². The van der Waals surface area contributed by atoms with E-state index in [1.54, 1.807) is 49.1 Å². The molecule has 0 radical (unpaired) electrons. The van der Waals surface area contributed by atoms with Crippen molar-refractivity contribution in [3.05, 3.63) is 84.4 Å². The molecule has 1 amide bonds. The summed E-state index contributed by atoms with van der Waals surface area (Å²) in [5.41, 5.74) is 5.13. The zero-order chi connectivity index (χ0) is 17.8. The van der Waals surface area contributed by atoms with Crippen molar-refractivity contribution in [2.24, 2.45) is 5.10 Å². The maximum Gasteiger partial charge on any atom is 0.272 e. The molecule has 0 unspecified atom stereocenters. The minimum atomic E-state index is -0.323. The van der Waals surface area contributed by atoms with Gasteiger partial charge in [-0.1, -0.05) is 24.3 Å². The Morgan fingerprint density at radius 2 is 2.04 bits per heavy atom. The maximum atomic E-state index is 12.7. The molecule has 0 atom stereocenters. The lowest BCUT2D eigenvalue weighted by atomic mass is 10.1. The van der Waals surface area contributed by atoms with E-state index >= 15 is 0 Å². The molecule has 1 aromatic carbocycles. The number of hydrogen-bond donors (Lipinski definition) is 1. The average Bonchev–Trinajstić information content (AvgIpc) is 3.23. The zero-order valence-electron chi connectivity index (χ0n) is 13.7. The second-order valence-corrected chi connectivity index (χ2v) is 5.53. The van der Waals surface area contributed by atoms with Crippen LogP contribution in [0.3, 0.4) is 0 Å². The minimum absolute atomic E-state index is 0.323. The summed E-state index contributed by atoms with van der Waals surface area (Å²) in [6.07, 6.45) is 6.45. The summed E-state index contributed by atoms with van der Waals surface area (Å²) >= 11 is 0. The van der Waals surface area contributed by atoms with Crippen LogP contribution in [0.25, 0.3) is 22.4 Å². The molecule has 0 bridgehead atoms. The Bertz CT molecular complexity index is 1070. The SMILES string of the molecule is O=C(N/N=C\c1cccnc1)c1cc(-c2ccco2)nc2ccccc12. The van der Waals surface area contributed by atoms with Crippen LogP contribution in [-0.2, 0) is 0 Å². The van der Waals surface area contributed by atoms with Gasteiger partial charge >= 0.3 is 0 Å². The van der Waals surface area contributed by atoms with Crippen LogP contribution in [0, 0.1) is 0 Å². The van der Waals surface area contributed by atoms with E-state index in [2.05, 4.69) is 20.5 Å². The van der Waals surface area contributed by atoms with E-state index in [1.165, 1.54) is 0 Å². The van der Waals surface area contributed by atoms with Crippen molar-refractivity contribution in [1.29, 1.82) is 0 Å². The minimum Gasteiger partial charge on any atom is -0.463 e. The number of fused-ring (bicyclic) bond motifs is 1.